The van der Waals surface area contributed by atoms with Gasteiger partial charge in [-0.05, 0) is 53.5 Å². The summed E-state index contributed by atoms with van der Waals surface area (Å²) in [7, 11) is 2.17. The minimum absolute atomic E-state index is 0.302. The van der Waals surface area contributed by atoms with Crippen molar-refractivity contribution in [2.45, 2.75) is 25.2 Å². The zero-order chi connectivity index (χ0) is 21.7. The summed E-state index contributed by atoms with van der Waals surface area (Å²) in [6, 6.07) is 29.4. The summed E-state index contributed by atoms with van der Waals surface area (Å²) in [5.74, 6) is 0. The SMILES string of the molecule is O=S(=O)(Cl)C1(Sc2ccccc2)C=C(Sc2ccccc2)C=C(Sc2ccccc2)C1. The molecule has 7 heteroatoms. The van der Waals surface area contributed by atoms with E-state index in [0.717, 1.165) is 24.5 Å². The molecule has 0 bridgehead atoms. The van der Waals surface area contributed by atoms with Crippen molar-refractivity contribution in [1.29, 1.82) is 0 Å². The van der Waals surface area contributed by atoms with Crippen molar-refractivity contribution < 1.29 is 8.42 Å². The summed E-state index contributed by atoms with van der Waals surface area (Å²) in [5.41, 5.74) is 0. The molecule has 158 valence electrons. The summed E-state index contributed by atoms with van der Waals surface area (Å²) in [4.78, 5) is 4.79. The largest absolute Gasteiger partial charge is 0.252 e. The Bertz CT molecular complexity index is 1190. The molecule has 0 saturated carbocycles. The van der Waals surface area contributed by atoms with Crippen molar-refractivity contribution in [3.8, 4) is 0 Å². The molecule has 0 aromatic heterocycles. The van der Waals surface area contributed by atoms with E-state index in [4.69, 9.17) is 10.7 Å². The highest BCUT2D eigenvalue weighted by molar-refractivity contribution is 8.25. The molecule has 3 aromatic carbocycles. The molecule has 2 nitrogen and oxygen atoms in total. The van der Waals surface area contributed by atoms with Crippen LogP contribution in [-0.2, 0) is 9.05 Å². The Morgan fingerprint density at radius 1 is 0.710 bits per heavy atom. The van der Waals surface area contributed by atoms with Crippen molar-refractivity contribution in [3.63, 3.8) is 0 Å². The van der Waals surface area contributed by atoms with Gasteiger partial charge in [0, 0.05) is 36.7 Å². The smallest absolute Gasteiger partial charge is 0.210 e. The molecule has 0 aliphatic heterocycles. The zero-order valence-corrected chi connectivity index (χ0v) is 20.4. The second-order valence-corrected chi connectivity index (χ2v) is 13.7. The molecule has 1 aliphatic rings. The lowest BCUT2D eigenvalue weighted by Gasteiger charge is -2.31. The molecule has 3 aromatic rings. The van der Waals surface area contributed by atoms with Crippen LogP contribution in [0.4, 0.5) is 0 Å². The normalized spacial score (nSPS) is 18.9. The number of rotatable bonds is 7. The van der Waals surface area contributed by atoms with Gasteiger partial charge in [-0.1, -0.05) is 89.9 Å². The average molecular weight is 503 g/mol. The zero-order valence-electron chi connectivity index (χ0n) is 16.3. The predicted molar refractivity (Wildman–Crippen MR) is 135 cm³/mol. The summed E-state index contributed by atoms with van der Waals surface area (Å²) >= 11 is 4.40. The van der Waals surface area contributed by atoms with Crippen LogP contribution in [0.5, 0.6) is 0 Å². The third-order valence-electron chi connectivity index (χ3n) is 4.50. The Hall–Kier alpha value is -1.57. The molecule has 31 heavy (non-hydrogen) atoms. The van der Waals surface area contributed by atoms with Gasteiger partial charge in [-0.2, -0.15) is 0 Å². The molecular weight excluding hydrogens is 484 g/mol. The Morgan fingerprint density at radius 3 is 1.71 bits per heavy atom. The third kappa shape index (κ3) is 5.82. The first-order valence-electron chi connectivity index (χ1n) is 9.51. The van der Waals surface area contributed by atoms with Crippen LogP contribution in [-0.4, -0.2) is 12.5 Å². The van der Waals surface area contributed by atoms with Crippen LogP contribution in [0.25, 0.3) is 0 Å². The highest BCUT2D eigenvalue weighted by Crippen LogP contribution is 2.52. The van der Waals surface area contributed by atoms with E-state index in [1.54, 1.807) is 29.6 Å². The summed E-state index contributed by atoms with van der Waals surface area (Å²) < 4.78 is 24.6. The van der Waals surface area contributed by atoms with Gasteiger partial charge in [0.15, 0.2) is 4.08 Å². The van der Waals surface area contributed by atoms with E-state index < -0.39 is 13.1 Å². The molecule has 0 radical (unpaired) electrons. The molecule has 0 heterocycles. The molecule has 1 aliphatic carbocycles. The Balaban J connectivity index is 1.76. The minimum Gasteiger partial charge on any atom is -0.210 e. The first kappa shape index (κ1) is 22.6. The number of halogens is 1. The van der Waals surface area contributed by atoms with E-state index in [0.29, 0.717) is 6.42 Å². The Kier molecular flexibility index (Phi) is 7.24. The molecule has 4 rings (SSSR count). The first-order chi connectivity index (χ1) is 14.9. The van der Waals surface area contributed by atoms with Gasteiger partial charge in [-0.25, -0.2) is 8.42 Å². The second kappa shape index (κ2) is 9.92. The van der Waals surface area contributed by atoms with Crippen molar-refractivity contribution in [3.05, 3.63) is 113 Å². The Labute approximate surface area is 200 Å². The van der Waals surface area contributed by atoms with Gasteiger partial charge in [0.05, 0.1) is 0 Å². The standard InChI is InChI=1S/C24H19ClO2S4/c25-31(26,27)24(30-21-14-8-3-9-15-21)17-22(28-19-10-4-1-5-11-19)16-23(18-24)29-20-12-6-2-7-13-20/h1-17H,18H2. The number of hydrogen-bond donors (Lipinski definition) is 0. The lowest BCUT2D eigenvalue weighted by atomic mass is 10.2. The van der Waals surface area contributed by atoms with E-state index >= 15 is 0 Å². The van der Waals surface area contributed by atoms with Crippen LogP contribution in [0.1, 0.15) is 6.42 Å². The molecular formula is C24H19ClO2S4. The highest BCUT2D eigenvalue weighted by atomic mass is 35.7. The fourth-order valence-corrected chi connectivity index (χ4v) is 8.59. The molecule has 0 N–H and O–H groups in total. The van der Waals surface area contributed by atoms with Gasteiger partial charge < -0.3 is 0 Å². The maximum absolute atomic E-state index is 13.0. The van der Waals surface area contributed by atoms with E-state index in [1.807, 2.05) is 91.0 Å². The van der Waals surface area contributed by atoms with Crippen LogP contribution in [0.2, 0.25) is 0 Å². The molecule has 1 atom stereocenters. The third-order valence-corrected chi connectivity index (χ3v) is 10.7. The summed E-state index contributed by atoms with van der Waals surface area (Å²) in [6.45, 7) is 0. The quantitative estimate of drug-likeness (QED) is 0.308. The topological polar surface area (TPSA) is 34.1 Å². The highest BCUT2D eigenvalue weighted by Gasteiger charge is 2.45. The van der Waals surface area contributed by atoms with Gasteiger partial charge in [0.25, 0.3) is 9.05 Å². The minimum atomic E-state index is -3.94. The Morgan fingerprint density at radius 2 is 1.19 bits per heavy atom. The van der Waals surface area contributed by atoms with Crippen LogP contribution in [0.15, 0.2) is 128 Å². The monoisotopic (exact) mass is 502 g/mol. The van der Waals surface area contributed by atoms with Gasteiger partial charge in [0.1, 0.15) is 0 Å². The number of hydrogen-bond acceptors (Lipinski definition) is 5. The maximum atomic E-state index is 13.0. The van der Waals surface area contributed by atoms with Crippen LogP contribution < -0.4 is 0 Å². The van der Waals surface area contributed by atoms with E-state index in [2.05, 4.69) is 6.08 Å². The van der Waals surface area contributed by atoms with E-state index in [1.165, 1.54) is 11.8 Å². The average Bonchev–Trinajstić information content (AvgIpc) is 2.75. The maximum Gasteiger partial charge on any atom is 0.252 e. The fraction of sp³-hybridized carbons (Fsp3) is 0.0833. The molecule has 0 fully saturated rings. The van der Waals surface area contributed by atoms with Crippen molar-refractivity contribution in [2.24, 2.45) is 0 Å². The molecule has 0 amide bonds. The van der Waals surface area contributed by atoms with E-state index in [-0.39, 0.29) is 0 Å². The fourth-order valence-electron chi connectivity index (χ4n) is 3.11. The number of benzene rings is 3. The lowest BCUT2D eigenvalue weighted by molar-refractivity contribution is 0.597. The van der Waals surface area contributed by atoms with Gasteiger partial charge in [0.2, 0.25) is 0 Å². The summed E-state index contributed by atoms with van der Waals surface area (Å²) in [6.07, 6.45) is 4.18. The van der Waals surface area contributed by atoms with Crippen molar-refractivity contribution >= 4 is 55.0 Å². The molecule has 0 spiro atoms. The summed E-state index contributed by atoms with van der Waals surface area (Å²) in [5, 5.41) is 0. The van der Waals surface area contributed by atoms with Gasteiger partial charge in [-0.15, -0.1) is 0 Å². The van der Waals surface area contributed by atoms with Crippen LogP contribution in [0.3, 0.4) is 0 Å². The van der Waals surface area contributed by atoms with Crippen molar-refractivity contribution in [2.75, 3.05) is 0 Å². The number of thioether (sulfide) groups is 3. The van der Waals surface area contributed by atoms with Crippen LogP contribution in [0, 0.1) is 0 Å². The lowest BCUT2D eigenvalue weighted by Crippen LogP contribution is -2.31. The molecule has 0 saturated heterocycles. The van der Waals surface area contributed by atoms with Gasteiger partial charge in [-0.3, -0.25) is 0 Å². The molecule has 1 unspecified atom stereocenters. The van der Waals surface area contributed by atoms with Crippen LogP contribution >= 0.6 is 46.0 Å². The second-order valence-electron chi connectivity index (χ2n) is 6.83. The van der Waals surface area contributed by atoms with E-state index in [9.17, 15) is 8.42 Å². The van der Waals surface area contributed by atoms with Gasteiger partial charge >= 0.3 is 0 Å². The first-order valence-corrected chi connectivity index (χ1v) is 14.3. The van der Waals surface area contributed by atoms with Crippen molar-refractivity contribution in [1.82, 2.24) is 0 Å². The number of allylic oxidation sites excluding steroid dienone is 2. The predicted octanol–water partition coefficient (Wildman–Crippen LogP) is 7.80.